The molecule has 0 spiro atoms. The van der Waals surface area contributed by atoms with Crippen molar-refractivity contribution in [1.29, 1.82) is 0 Å². The predicted octanol–water partition coefficient (Wildman–Crippen LogP) is 7.39. The van der Waals surface area contributed by atoms with E-state index in [0.29, 0.717) is 28.3 Å². The van der Waals surface area contributed by atoms with Crippen LogP contribution in [0.5, 0.6) is 0 Å². The Labute approximate surface area is 246 Å². The summed E-state index contributed by atoms with van der Waals surface area (Å²) >= 11 is 5.93. The van der Waals surface area contributed by atoms with Gasteiger partial charge in [0.25, 0.3) is 0 Å². The molecule has 0 fully saturated rings. The molecule has 0 aliphatic rings. The van der Waals surface area contributed by atoms with Gasteiger partial charge in [0.05, 0.1) is 42.2 Å². The topological polar surface area (TPSA) is 86.1 Å². The number of amides is 1. The molecule has 7 nitrogen and oxygen atoms in total. The van der Waals surface area contributed by atoms with Crippen LogP contribution in [0, 0.1) is 5.82 Å². The van der Waals surface area contributed by atoms with E-state index in [9.17, 15) is 9.59 Å². The van der Waals surface area contributed by atoms with Crippen molar-refractivity contribution in [3.8, 4) is 0 Å². The largest absolute Gasteiger partial charge is 0.414 e. The number of ketones is 1. The second-order valence-electron chi connectivity index (χ2n) is 12.4. The van der Waals surface area contributed by atoms with Crippen molar-refractivity contribution in [3.63, 3.8) is 0 Å². The van der Waals surface area contributed by atoms with Crippen molar-refractivity contribution in [3.05, 3.63) is 88.8 Å². The van der Waals surface area contributed by atoms with Gasteiger partial charge in [-0.3, -0.25) is 19.6 Å². The summed E-state index contributed by atoms with van der Waals surface area (Å²) in [6.45, 7) is 15.1. The van der Waals surface area contributed by atoms with E-state index < -0.39 is 19.7 Å². The number of nitrogens with one attached hydrogen (secondary N) is 1. The minimum absolute atomic E-state index is 0.0143. The third-order valence-electron chi connectivity index (χ3n) is 7.71. The van der Waals surface area contributed by atoms with Crippen molar-refractivity contribution in [2.45, 2.75) is 64.7 Å². The van der Waals surface area contributed by atoms with Gasteiger partial charge in [-0.2, -0.15) is 0 Å². The molecule has 0 aliphatic heterocycles. The Kier molecular flexibility index (Phi) is 8.54. The summed E-state index contributed by atoms with van der Waals surface area (Å²) < 4.78 is 23.5. The van der Waals surface area contributed by atoms with Crippen LogP contribution in [0.25, 0.3) is 10.9 Å². The molecular weight excluding hydrogens is 559 g/mol. The van der Waals surface area contributed by atoms with E-state index in [2.05, 4.69) is 49.1 Å². The first-order chi connectivity index (χ1) is 19.1. The van der Waals surface area contributed by atoms with Gasteiger partial charge in [-0.1, -0.05) is 44.5 Å². The van der Waals surface area contributed by atoms with Crippen molar-refractivity contribution in [2.24, 2.45) is 0 Å². The number of carbonyl (C=O) groups is 2. The van der Waals surface area contributed by atoms with Crippen LogP contribution in [0.2, 0.25) is 23.2 Å². The summed E-state index contributed by atoms with van der Waals surface area (Å²) in [7, 11) is -2.08. The molecule has 4 rings (SSSR count). The van der Waals surface area contributed by atoms with E-state index in [4.69, 9.17) is 16.0 Å². The summed E-state index contributed by atoms with van der Waals surface area (Å²) in [6, 6.07) is 8.57. The fourth-order valence-corrected chi connectivity index (χ4v) is 5.49. The van der Waals surface area contributed by atoms with Gasteiger partial charge in [0.1, 0.15) is 0 Å². The highest BCUT2D eigenvalue weighted by Gasteiger charge is 2.39. The Morgan fingerprint density at radius 1 is 1.02 bits per heavy atom. The molecule has 4 aromatic rings. The van der Waals surface area contributed by atoms with Gasteiger partial charge in [0, 0.05) is 40.1 Å². The number of pyridine rings is 2. The molecule has 0 saturated heterocycles. The summed E-state index contributed by atoms with van der Waals surface area (Å²) in [4.78, 5) is 34.6. The average Bonchev–Trinajstić information content (AvgIpc) is 3.30. The first-order valence-electron chi connectivity index (χ1n) is 13.4. The zero-order valence-corrected chi connectivity index (χ0v) is 26.3. The van der Waals surface area contributed by atoms with Gasteiger partial charge >= 0.3 is 0 Å². The third-order valence-corrected chi connectivity index (χ3v) is 12.4. The number of aromatic nitrogens is 3. The van der Waals surface area contributed by atoms with Gasteiger partial charge in [-0.05, 0) is 55.7 Å². The Morgan fingerprint density at radius 3 is 2.34 bits per heavy atom. The smallest absolute Gasteiger partial charge is 0.228 e. The standard InChI is InChI=1S/C31H36ClFN4O3Si/c1-30(2,3)41(6,7)40-19-31(4,5)37-18-25(24-16-35-17-26(33)28(24)37)29(39)21-13-23(15-34-14-21)36-27(38)12-20-8-10-22(32)11-9-20/h8-11,13-18H,12,19H2,1-7H3,(H,36,38). The maximum atomic E-state index is 15.2. The Hall–Kier alpha value is -3.40. The average molecular weight is 595 g/mol. The summed E-state index contributed by atoms with van der Waals surface area (Å²) in [5.74, 6) is -1.14. The molecule has 3 aromatic heterocycles. The Morgan fingerprint density at radius 2 is 1.68 bits per heavy atom. The molecule has 216 valence electrons. The molecule has 3 heterocycles. The number of hydrogen-bond acceptors (Lipinski definition) is 5. The van der Waals surface area contributed by atoms with Gasteiger partial charge in [-0.15, -0.1) is 0 Å². The summed E-state index contributed by atoms with van der Waals surface area (Å²) in [6.07, 6.45) is 7.36. The predicted molar refractivity (Wildman–Crippen MR) is 164 cm³/mol. The minimum atomic E-state index is -2.08. The number of benzene rings is 1. The van der Waals surface area contributed by atoms with Crippen LogP contribution in [-0.4, -0.2) is 41.1 Å². The van der Waals surface area contributed by atoms with E-state index in [1.165, 1.54) is 18.6 Å². The second kappa shape index (κ2) is 11.5. The van der Waals surface area contributed by atoms with E-state index in [1.807, 2.05) is 13.8 Å². The van der Waals surface area contributed by atoms with Crippen LogP contribution in [0.3, 0.4) is 0 Å². The lowest BCUT2D eigenvalue weighted by molar-refractivity contribution is -0.115. The Bertz CT molecular complexity index is 1590. The first-order valence-corrected chi connectivity index (χ1v) is 16.7. The molecule has 0 bridgehead atoms. The maximum absolute atomic E-state index is 15.2. The molecule has 1 N–H and O–H groups in total. The minimum Gasteiger partial charge on any atom is -0.414 e. The van der Waals surface area contributed by atoms with E-state index in [0.717, 1.165) is 11.8 Å². The Balaban J connectivity index is 1.62. The highest BCUT2D eigenvalue weighted by atomic mass is 35.5. The number of fused-ring (bicyclic) bond motifs is 1. The van der Waals surface area contributed by atoms with Crippen molar-refractivity contribution in [2.75, 3.05) is 11.9 Å². The zero-order chi connectivity index (χ0) is 30.2. The third kappa shape index (κ3) is 6.74. The lowest BCUT2D eigenvalue weighted by Gasteiger charge is -2.39. The highest BCUT2D eigenvalue weighted by Crippen LogP contribution is 2.38. The van der Waals surface area contributed by atoms with Gasteiger partial charge in [-0.25, -0.2) is 4.39 Å². The van der Waals surface area contributed by atoms with Gasteiger partial charge < -0.3 is 14.3 Å². The van der Waals surface area contributed by atoms with Crippen LogP contribution in [0.4, 0.5) is 10.1 Å². The second-order valence-corrected chi connectivity index (χ2v) is 17.7. The normalized spacial score (nSPS) is 12.5. The van der Waals surface area contributed by atoms with Crippen LogP contribution in [-0.2, 0) is 21.2 Å². The number of nitrogens with zero attached hydrogens (tertiary/aromatic N) is 3. The lowest BCUT2D eigenvalue weighted by atomic mass is 10.0. The molecule has 41 heavy (non-hydrogen) atoms. The molecule has 0 saturated carbocycles. The van der Waals surface area contributed by atoms with Crippen LogP contribution < -0.4 is 5.32 Å². The van der Waals surface area contributed by atoms with Crippen molar-refractivity contribution in [1.82, 2.24) is 14.5 Å². The summed E-state index contributed by atoms with van der Waals surface area (Å²) in [5, 5.41) is 3.79. The lowest BCUT2D eigenvalue weighted by Crippen LogP contribution is -2.45. The number of anilines is 1. The highest BCUT2D eigenvalue weighted by molar-refractivity contribution is 6.74. The van der Waals surface area contributed by atoms with Crippen LogP contribution in [0.15, 0.2) is 61.3 Å². The molecule has 1 amide bonds. The fraction of sp³-hybridized carbons (Fsp3) is 0.355. The van der Waals surface area contributed by atoms with E-state index in [1.54, 1.807) is 41.1 Å². The number of carbonyl (C=O) groups excluding carboxylic acids is 2. The van der Waals surface area contributed by atoms with Gasteiger partial charge in [0.2, 0.25) is 5.91 Å². The molecule has 1 aromatic carbocycles. The molecule has 0 aliphatic carbocycles. The van der Waals surface area contributed by atoms with Crippen molar-refractivity contribution >= 4 is 48.2 Å². The number of hydrogen-bond donors (Lipinski definition) is 1. The molecule has 0 atom stereocenters. The summed E-state index contributed by atoms with van der Waals surface area (Å²) in [5.41, 5.74) is 1.35. The SMILES string of the molecule is CC(C)(CO[Si](C)(C)C(C)(C)C)n1cc(C(=O)c2cncc(NC(=O)Cc3ccc(Cl)cc3)c2)c2cncc(F)c21. The van der Waals surface area contributed by atoms with Crippen molar-refractivity contribution < 1.29 is 18.4 Å². The molecule has 0 radical (unpaired) electrons. The molecule has 10 heteroatoms. The van der Waals surface area contributed by atoms with Crippen LogP contribution >= 0.6 is 11.6 Å². The van der Waals surface area contributed by atoms with E-state index in [-0.39, 0.29) is 34.2 Å². The quantitative estimate of drug-likeness (QED) is 0.161. The molecule has 0 unspecified atom stereocenters. The van der Waals surface area contributed by atoms with Crippen LogP contribution in [0.1, 0.15) is 56.1 Å². The maximum Gasteiger partial charge on any atom is 0.228 e. The van der Waals surface area contributed by atoms with E-state index >= 15 is 4.39 Å². The first kappa shape index (κ1) is 30.6. The molecular formula is C31H36ClFN4O3Si. The fourth-order valence-electron chi connectivity index (χ4n) is 4.22. The number of halogens is 2. The van der Waals surface area contributed by atoms with Gasteiger partial charge in [0.15, 0.2) is 19.9 Å². The number of rotatable bonds is 9. The zero-order valence-electron chi connectivity index (χ0n) is 24.5. The monoisotopic (exact) mass is 594 g/mol.